The van der Waals surface area contributed by atoms with Gasteiger partial charge in [-0.2, -0.15) is 0 Å². The predicted molar refractivity (Wildman–Crippen MR) is 178 cm³/mol. The van der Waals surface area contributed by atoms with Gasteiger partial charge in [0.2, 0.25) is 17.2 Å². The van der Waals surface area contributed by atoms with Gasteiger partial charge in [0.15, 0.2) is 22.6 Å². The number of aromatic hydroxyl groups is 1. The van der Waals surface area contributed by atoms with Crippen LogP contribution in [-0.4, -0.2) is 101 Å². The van der Waals surface area contributed by atoms with Crippen molar-refractivity contribution < 1.29 is 23.8 Å². The summed E-state index contributed by atoms with van der Waals surface area (Å²) in [5.41, 5.74) is 2.02. The fourth-order valence-corrected chi connectivity index (χ4v) is 8.45. The van der Waals surface area contributed by atoms with Crippen LogP contribution in [0.2, 0.25) is 0 Å². The lowest BCUT2D eigenvalue weighted by atomic mass is 9.53. The number of nitrogens with zero attached hydrogens (tertiary/aromatic N) is 9. The molecule has 4 aromatic heterocycles. The molecular formula is C34H39FN10O5. The number of aryl methyl sites for hydroxylation is 1. The Balaban J connectivity index is 1.15. The molecule has 3 saturated carbocycles. The number of methoxy groups -OCH3 is 1. The molecule has 2 amide bonds. The summed E-state index contributed by atoms with van der Waals surface area (Å²) in [5.74, 6) is -0.475. The summed E-state index contributed by atoms with van der Waals surface area (Å²) >= 11 is 0. The molecule has 0 bridgehead atoms. The zero-order valence-corrected chi connectivity index (χ0v) is 28.2. The van der Waals surface area contributed by atoms with Crippen LogP contribution in [0.3, 0.4) is 0 Å². The lowest BCUT2D eigenvalue weighted by Gasteiger charge is -2.55. The Morgan fingerprint density at radius 2 is 1.88 bits per heavy atom. The maximum Gasteiger partial charge on any atom is 0.276 e. The number of nitrogens with one attached hydrogen (secondary N) is 1. The zero-order valence-electron chi connectivity index (χ0n) is 28.2. The van der Waals surface area contributed by atoms with Crippen LogP contribution in [0.15, 0.2) is 29.5 Å². The smallest absolute Gasteiger partial charge is 0.276 e. The Bertz CT molecular complexity index is 2070. The molecule has 1 saturated heterocycles. The molecule has 16 heteroatoms. The summed E-state index contributed by atoms with van der Waals surface area (Å²) in [4.78, 5) is 59.1. The highest BCUT2D eigenvalue weighted by Gasteiger charge is 2.53. The number of piperazine rings is 1. The number of ether oxygens (including phenoxy) is 1. The van der Waals surface area contributed by atoms with E-state index in [4.69, 9.17) is 9.84 Å². The Morgan fingerprint density at radius 3 is 2.58 bits per heavy atom. The molecule has 50 heavy (non-hydrogen) atoms. The zero-order chi connectivity index (χ0) is 34.9. The van der Waals surface area contributed by atoms with Gasteiger partial charge in [-0.25, -0.2) is 19.3 Å². The van der Waals surface area contributed by atoms with Crippen molar-refractivity contribution in [2.45, 2.75) is 89.6 Å². The first kappa shape index (κ1) is 32.1. The first-order valence-corrected chi connectivity index (χ1v) is 17.1. The Hall–Kier alpha value is -5.15. The summed E-state index contributed by atoms with van der Waals surface area (Å²) in [5, 5.41) is 23.0. The topological polar surface area (TPSA) is 173 Å². The summed E-state index contributed by atoms with van der Waals surface area (Å²) in [6, 6.07) is 2.97. The van der Waals surface area contributed by atoms with Crippen molar-refractivity contribution in [1.29, 1.82) is 0 Å². The molecule has 1 aliphatic heterocycles. The normalized spacial score (nSPS) is 25.4. The molecule has 4 fully saturated rings. The fraction of sp³-hybridized carbons (Fsp3) is 0.529. The molecule has 8 rings (SSSR count). The summed E-state index contributed by atoms with van der Waals surface area (Å²) in [6.45, 7) is 4.13. The van der Waals surface area contributed by atoms with Crippen molar-refractivity contribution in [3.8, 4) is 17.3 Å². The second-order valence-electron chi connectivity index (χ2n) is 14.0. The van der Waals surface area contributed by atoms with Gasteiger partial charge in [-0.1, -0.05) is 6.92 Å². The van der Waals surface area contributed by atoms with Crippen LogP contribution in [0.5, 0.6) is 11.6 Å². The number of hydrogen-bond acceptors (Lipinski definition) is 11. The fourth-order valence-electron chi connectivity index (χ4n) is 8.45. The van der Waals surface area contributed by atoms with E-state index in [1.807, 2.05) is 6.92 Å². The molecule has 2 atom stereocenters. The van der Waals surface area contributed by atoms with E-state index >= 15 is 0 Å². The van der Waals surface area contributed by atoms with Crippen LogP contribution in [0.25, 0.3) is 16.9 Å². The number of fused-ring (bicyclic) bond motifs is 2. The van der Waals surface area contributed by atoms with Crippen molar-refractivity contribution in [3.05, 3.63) is 52.0 Å². The van der Waals surface area contributed by atoms with Gasteiger partial charge in [0.1, 0.15) is 24.7 Å². The Labute approximate surface area is 286 Å². The van der Waals surface area contributed by atoms with E-state index in [1.54, 1.807) is 34.7 Å². The molecule has 4 aromatic rings. The van der Waals surface area contributed by atoms with Crippen LogP contribution < -0.4 is 20.4 Å². The number of halogens is 1. The molecule has 1 spiro atoms. The number of carbonyl (C=O) groups excluding carboxylic acids is 2. The number of hydrogen-bond donors (Lipinski definition) is 2. The van der Waals surface area contributed by atoms with Gasteiger partial charge in [-0.15, -0.1) is 15.0 Å². The quantitative estimate of drug-likeness (QED) is 0.278. The molecule has 5 heterocycles. The van der Waals surface area contributed by atoms with Gasteiger partial charge in [0, 0.05) is 43.1 Å². The summed E-state index contributed by atoms with van der Waals surface area (Å²) < 4.78 is 20.7. The number of carbonyl (C=O) groups is 2. The lowest BCUT2D eigenvalue weighted by Crippen LogP contribution is -2.67. The molecule has 0 radical (unpaired) electrons. The van der Waals surface area contributed by atoms with Crippen molar-refractivity contribution in [2.75, 3.05) is 25.1 Å². The molecule has 262 valence electrons. The third kappa shape index (κ3) is 5.14. The molecular weight excluding hydrogens is 647 g/mol. The minimum Gasteiger partial charge on any atom is -0.504 e. The average Bonchev–Trinajstić information content (AvgIpc) is 3.52. The van der Waals surface area contributed by atoms with Crippen LogP contribution in [0.4, 0.5) is 10.1 Å². The number of aromatic nitrogens is 7. The van der Waals surface area contributed by atoms with Gasteiger partial charge in [0.25, 0.3) is 5.91 Å². The minimum absolute atomic E-state index is 0.0196. The highest BCUT2D eigenvalue weighted by molar-refractivity contribution is 5.95. The number of alkyl halides is 1. The average molecular weight is 687 g/mol. The molecule has 2 N–H and O–H groups in total. The van der Waals surface area contributed by atoms with E-state index in [9.17, 15) is 23.9 Å². The standard InChI is InChI=1S/C34H39FN10O5/c1-4-22-29(42-9-10-43(24-6-5-23(24)42)33(49)28-30(47)18(2)37-17-38-28)31(48)27-32(41-45(40-27)21-7-8-36-26(11-21)50-3)44(22)16-25(46)39-20-14-34(15-20)12-19(35)13-34/h7-8,11,17,19-20,23-24,47H,4-6,9-10,12-16H2,1-3H3,(H,39,46)/t19?,20?,23-,24-,34?/m0/s1. The van der Waals surface area contributed by atoms with E-state index in [2.05, 4.69) is 30.3 Å². The minimum atomic E-state index is -0.742. The highest BCUT2D eigenvalue weighted by atomic mass is 19.1. The molecule has 15 nitrogen and oxygen atoms in total. The van der Waals surface area contributed by atoms with Crippen molar-refractivity contribution in [2.24, 2.45) is 5.41 Å². The third-order valence-electron chi connectivity index (χ3n) is 11.0. The van der Waals surface area contributed by atoms with Crippen molar-refractivity contribution in [3.63, 3.8) is 0 Å². The van der Waals surface area contributed by atoms with Crippen LogP contribution in [0, 0.1) is 12.3 Å². The largest absolute Gasteiger partial charge is 0.504 e. The molecule has 0 unspecified atom stereocenters. The number of pyridine rings is 2. The van der Waals surface area contributed by atoms with Gasteiger partial charge in [-0.05, 0) is 63.4 Å². The number of amides is 2. The predicted octanol–water partition coefficient (Wildman–Crippen LogP) is 2.24. The summed E-state index contributed by atoms with van der Waals surface area (Å²) in [6.07, 6.45) is 6.64. The van der Waals surface area contributed by atoms with Crippen LogP contribution in [-0.2, 0) is 17.8 Å². The Kier molecular flexibility index (Phi) is 7.71. The summed E-state index contributed by atoms with van der Waals surface area (Å²) in [7, 11) is 1.50. The maximum atomic E-state index is 14.5. The molecule has 4 aliphatic rings. The van der Waals surface area contributed by atoms with Gasteiger partial charge >= 0.3 is 0 Å². The van der Waals surface area contributed by atoms with E-state index < -0.39 is 6.17 Å². The van der Waals surface area contributed by atoms with E-state index in [-0.39, 0.29) is 69.9 Å². The highest BCUT2D eigenvalue weighted by Crippen LogP contribution is 2.56. The lowest BCUT2D eigenvalue weighted by molar-refractivity contribution is -0.126. The van der Waals surface area contributed by atoms with E-state index in [1.165, 1.54) is 18.2 Å². The Morgan fingerprint density at radius 1 is 1.10 bits per heavy atom. The second-order valence-corrected chi connectivity index (χ2v) is 14.0. The molecule has 0 aromatic carbocycles. The second kappa shape index (κ2) is 12.0. The van der Waals surface area contributed by atoms with Gasteiger partial charge in [-0.3, -0.25) is 14.4 Å². The van der Waals surface area contributed by atoms with E-state index in [0.29, 0.717) is 61.0 Å². The van der Waals surface area contributed by atoms with Crippen molar-refractivity contribution >= 4 is 28.7 Å². The first-order chi connectivity index (χ1) is 24.1. The van der Waals surface area contributed by atoms with Crippen molar-refractivity contribution in [1.82, 2.24) is 44.7 Å². The van der Waals surface area contributed by atoms with Gasteiger partial charge in [0.05, 0.1) is 24.5 Å². The third-order valence-corrected chi connectivity index (χ3v) is 11.0. The number of anilines is 1. The monoisotopic (exact) mass is 686 g/mol. The maximum absolute atomic E-state index is 14.5. The van der Waals surface area contributed by atoms with Crippen LogP contribution in [0.1, 0.15) is 67.3 Å². The van der Waals surface area contributed by atoms with Gasteiger partial charge < -0.3 is 29.5 Å². The first-order valence-electron chi connectivity index (χ1n) is 17.1. The van der Waals surface area contributed by atoms with Crippen LogP contribution >= 0.6 is 0 Å². The van der Waals surface area contributed by atoms with E-state index in [0.717, 1.165) is 25.7 Å². The SMILES string of the molecule is CCc1c(N2CCN(C(=O)c3ncnc(C)c3O)[C@H]3CC[C@@H]32)c(=O)c2nn(-c3ccnc(OC)c3)nc2n1CC(=O)NC1CC2(CC(F)C2)C1. The number of rotatable bonds is 8. The molecule has 3 aliphatic carbocycles.